The van der Waals surface area contributed by atoms with Gasteiger partial charge in [-0.3, -0.25) is 4.79 Å². The molecular formula is C17H12ClFN4O. The van der Waals surface area contributed by atoms with Gasteiger partial charge in [0.05, 0.1) is 10.6 Å². The predicted octanol–water partition coefficient (Wildman–Crippen LogP) is 4.27. The largest absolute Gasteiger partial charge is 0.339 e. The fraction of sp³-hybridized carbons (Fsp3) is 0. The molecule has 2 aromatic carbocycles. The molecule has 0 spiro atoms. The molecule has 120 valence electrons. The maximum absolute atomic E-state index is 13.7. The number of nitrogens with one attached hydrogen (secondary N) is 2. The molecule has 0 saturated heterocycles. The van der Waals surface area contributed by atoms with Gasteiger partial charge in [-0.05, 0) is 36.4 Å². The first kappa shape index (κ1) is 15.9. The molecule has 2 N–H and O–H groups in total. The third kappa shape index (κ3) is 3.67. The topological polar surface area (TPSA) is 66.9 Å². The summed E-state index contributed by atoms with van der Waals surface area (Å²) in [6.45, 7) is 0. The lowest BCUT2D eigenvalue weighted by Crippen LogP contribution is -2.15. The average Bonchev–Trinajstić information content (AvgIpc) is 2.57. The van der Waals surface area contributed by atoms with Gasteiger partial charge >= 0.3 is 0 Å². The molecule has 0 aliphatic carbocycles. The number of para-hydroxylation sites is 1. The second-order valence-corrected chi connectivity index (χ2v) is 5.25. The fourth-order valence-electron chi connectivity index (χ4n) is 2.03. The van der Waals surface area contributed by atoms with Crippen LogP contribution in [0.2, 0.25) is 5.02 Å². The minimum Gasteiger partial charge on any atom is -0.339 e. The first-order valence-corrected chi connectivity index (χ1v) is 7.42. The fourth-order valence-corrected chi connectivity index (χ4v) is 2.28. The molecule has 1 amide bonds. The zero-order valence-electron chi connectivity index (χ0n) is 12.3. The minimum absolute atomic E-state index is 0.0304. The van der Waals surface area contributed by atoms with Crippen LogP contribution >= 0.6 is 11.6 Å². The van der Waals surface area contributed by atoms with E-state index in [1.807, 2.05) is 30.3 Å². The van der Waals surface area contributed by atoms with E-state index in [-0.39, 0.29) is 16.4 Å². The zero-order valence-corrected chi connectivity index (χ0v) is 13.1. The van der Waals surface area contributed by atoms with E-state index in [9.17, 15) is 9.18 Å². The van der Waals surface area contributed by atoms with E-state index in [0.29, 0.717) is 5.82 Å². The molecule has 0 saturated carbocycles. The van der Waals surface area contributed by atoms with Crippen molar-refractivity contribution in [2.45, 2.75) is 0 Å². The summed E-state index contributed by atoms with van der Waals surface area (Å²) < 4.78 is 13.7. The summed E-state index contributed by atoms with van der Waals surface area (Å²) in [5, 5.41) is 13.4. The number of carbonyl (C=O) groups excluding carboxylic acids is 1. The Balaban J connectivity index is 1.71. The molecular weight excluding hydrogens is 331 g/mol. The Labute approximate surface area is 142 Å². The summed E-state index contributed by atoms with van der Waals surface area (Å²) in [7, 11) is 0. The molecule has 1 heterocycles. The Hall–Kier alpha value is -2.99. The summed E-state index contributed by atoms with van der Waals surface area (Å²) in [4.78, 5) is 12.1. The van der Waals surface area contributed by atoms with Crippen LogP contribution in [0.5, 0.6) is 0 Å². The highest BCUT2D eigenvalue weighted by molar-refractivity contribution is 6.34. The second-order valence-electron chi connectivity index (χ2n) is 4.85. The summed E-state index contributed by atoms with van der Waals surface area (Å²) in [5.41, 5.74) is 0.633. The third-order valence-corrected chi connectivity index (χ3v) is 3.46. The number of amides is 1. The normalized spacial score (nSPS) is 10.2. The van der Waals surface area contributed by atoms with E-state index in [0.717, 1.165) is 5.69 Å². The van der Waals surface area contributed by atoms with Crippen LogP contribution in [-0.4, -0.2) is 16.1 Å². The Kier molecular flexibility index (Phi) is 4.67. The van der Waals surface area contributed by atoms with Crippen molar-refractivity contribution in [1.82, 2.24) is 10.2 Å². The van der Waals surface area contributed by atoms with E-state index in [1.54, 1.807) is 12.1 Å². The molecule has 0 radical (unpaired) electrons. The number of hydrogen-bond donors (Lipinski definition) is 2. The van der Waals surface area contributed by atoms with Gasteiger partial charge in [-0.1, -0.05) is 35.9 Å². The van der Waals surface area contributed by atoms with Crippen molar-refractivity contribution in [3.8, 4) is 0 Å². The van der Waals surface area contributed by atoms with Gasteiger partial charge in [-0.15, -0.1) is 10.2 Å². The van der Waals surface area contributed by atoms with Crippen molar-refractivity contribution in [2.75, 3.05) is 10.6 Å². The highest BCUT2D eigenvalue weighted by Gasteiger charge is 2.16. The maximum Gasteiger partial charge on any atom is 0.261 e. The number of hydrogen-bond acceptors (Lipinski definition) is 4. The van der Waals surface area contributed by atoms with Gasteiger partial charge in [0.15, 0.2) is 11.6 Å². The van der Waals surface area contributed by atoms with Gasteiger partial charge in [0, 0.05) is 5.69 Å². The van der Waals surface area contributed by atoms with Gasteiger partial charge in [0.2, 0.25) is 0 Å². The molecule has 1 aromatic heterocycles. The molecule has 3 rings (SSSR count). The monoisotopic (exact) mass is 342 g/mol. The molecule has 0 aliphatic rings. The lowest BCUT2D eigenvalue weighted by Gasteiger charge is -2.08. The standard InChI is InChI=1S/C17H12ClFN4O/c18-12-7-4-8-13(19)16(12)17(24)21-15-10-9-14(22-23-15)20-11-5-2-1-3-6-11/h1-10H,(H,20,22)(H,21,23,24). The third-order valence-electron chi connectivity index (χ3n) is 3.14. The minimum atomic E-state index is -0.699. The van der Waals surface area contributed by atoms with E-state index in [1.165, 1.54) is 18.2 Å². The quantitative estimate of drug-likeness (QED) is 0.743. The molecule has 5 nitrogen and oxygen atoms in total. The van der Waals surface area contributed by atoms with Crippen molar-refractivity contribution in [3.05, 3.63) is 77.1 Å². The number of aromatic nitrogens is 2. The van der Waals surface area contributed by atoms with Gasteiger partial charge in [-0.25, -0.2) is 4.39 Å². The van der Waals surface area contributed by atoms with Gasteiger partial charge < -0.3 is 10.6 Å². The zero-order chi connectivity index (χ0) is 16.9. The number of nitrogens with zero attached hydrogens (tertiary/aromatic N) is 2. The number of halogens is 2. The molecule has 3 aromatic rings. The lowest BCUT2D eigenvalue weighted by atomic mass is 10.2. The summed E-state index contributed by atoms with van der Waals surface area (Å²) in [5.74, 6) is -0.674. The SMILES string of the molecule is O=C(Nc1ccc(Nc2ccccc2)nn1)c1c(F)cccc1Cl. The summed E-state index contributed by atoms with van der Waals surface area (Å²) >= 11 is 5.86. The van der Waals surface area contributed by atoms with E-state index in [4.69, 9.17) is 11.6 Å². The van der Waals surface area contributed by atoms with Crippen molar-refractivity contribution < 1.29 is 9.18 Å². The molecule has 7 heteroatoms. The van der Waals surface area contributed by atoms with Crippen LogP contribution in [0.4, 0.5) is 21.7 Å². The predicted molar refractivity (Wildman–Crippen MR) is 91.1 cm³/mol. The molecule has 0 unspecified atom stereocenters. The van der Waals surface area contributed by atoms with E-state index < -0.39 is 11.7 Å². The maximum atomic E-state index is 13.7. The first-order chi connectivity index (χ1) is 11.6. The Morgan fingerprint density at radius 2 is 1.62 bits per heavy atom. The van der Waals surface area contributed by atoms with Crippen LogP contribution in [0.15, 0.2) is 60.7 Å². The number of rotatable bonds is 4. The van der Waals surface area contributed by atoms with E-state index in [2.05, 4.69) is 20.8 Å². The van der Waals surface area contributed by atoms with Gasteiger partial charge in [0.1, 0.15) is 5.82 Å². The van der Waals surface area contributed by atoms with Crippen LogP contribution < -0.4 is 10.6 Å². The van der Waals surface area contributed by atoms with Crippen molar-refractivity contribution in [2.24, 2.45) is 0 Å². The number of anilines is 3. The van der Waals surface area contributed by atoms with Crippen LogP contribution in [0.25, 0.3) is 0 Å². The molecule has 0 atom stereocenters. The molecule has 0 bridgehead atoms. The second kappa shape index (κ2) is 7.06. The van der Waals surface area contributed by atoms with Crippen molar-refractivity contribution in [1.29, 1.82) is 0 Å². The Morgan fingerprint density at radius 3 is 2.29 bits per heavy atom. The molecule has 24 heavy (non-hydrogen) atoms. The van der Waals surface area contributed by atoms with Crippen LogP contribution in [-0.2, 0) is 0 Å². The highest BCUT2D eigenvalue weighted by atomic mass is 35.5. The van der Waals surface area contributed by atoms with E-state index >= 15 is 0 Å². The van der Waals surface area contributed by atoms with Gasteiger partial charge in [0.25, 0.3) is 5.91 Å². The van der Waals surface area contributed by atoms with Crippen LogP contribution in [0, 0.1) is 5.82 Å². The van der Waals surface area contributed by atoms with Gasteiger partial charge in [-0.2, -0.15) is 0 Å². The average molecular weight is 343 g/mol. The summed E-state index contributed by atoms with van der Waals surface area (Å²) in [6, 6.07) is 16.7. The number of carbonyl (C=O) groups is 1. The van der Waals surface area contributed by atoms with Crippen molar-refractivity contribution in [3.63, 3.8) is 0 Å². The van der Waals surface area contributed by atoms with Crippen molar-refractivity contribution >= 4 is 34.8 Å². The summed E-state index contributed by atoms with van der Waals surface area (Å²) in [6.07, 6.45) is 0. The molecule has 0 aliphatic heterocycles. The Morgan fingerprint density at radius 1 is 0.917 bits per heavy atom. The number of benzene rings is 2. The van der Waals surface area contributed by atoms with Crippen LogP contribution in [0.1, 0.15) is 10.4 Å². The Bertz CT molecular complexity index is 836. The first-order valence-electron chi connectivity index (χ1n) is 7.04. The lowest BCUT2D eigenvalue weighted by molar-refractivity contribution is 0.102. The smallest absolute Gasteiger partial charge is 0.261 e. The van der Waals surface area contributed by atoms with Crippen LogP contribution in [0.3, 0.4) is 0 Å². The molecule has 0 fully saturated rings. The highest BCUT2D eigenvalue weighted by Crippen LogP contribution is 2.20.